The fraction of sp³-hybridized carbons (Fsp3) is 0.500. The Morgan fingerprint density at radius 3 is 2.76 bits per heavy atom. The molecule has 0 aromatic heterocycles. The summed E-state index contributed by atoms with van der Waals surface area (Å²) < 4.78 is 5.53. The van der Waals surface area contributed by atoms with Gasteiger partial charge in [-0.25, -0.2) is 0 Å². The highest BCUT2D eigenvalue weighted by Crippen LogP contribution is 2.41. The molecule has 2 unspecified atom stereocenters. The van der Waals surface area contributed by atoms with Gasteiger partial charge in [0.15, 0.2) is 0 Å². The molecule has 3 heteroatoms. The van der Waals surface area contributed by atoms with E-state index in [1.54, 1.807) is 0 Å². The van der Waals surface area contributed by atoms with Crippen LogP contribution in [0.3, 0.4) is 0 Å². The largest absolute Gasteiger partial charge is 0.381 e. The van der Waals surface area contributed by atoms with Crippen LogP contribution in [-0.2, 0) is 9.53 Å². The van der Waals surface area contributed by atoms with Crippen molar-refractivity contribution < 1.29 is 9.53 Å². The first-order valence-corrected chi connectivity index (χ1v) is 6.08. The van der Waals surface area contributed by atoms with E-state index in [2.05, 4.69) is 24.4 Å². The topological polar surface area (TPSA) is 38.3 Å². The minimum atomic E-state index is -0.144. The molecule has 2 rings (SSSR count). The van der Waals surface area contributed by atoms with Crippen LogP contribution in [0.4, 0.5) is 0 Å². The van der Waals surface area contributed by atoms with Gasteiger partial charge < -0.3 is 10.1 Å². The average Bonchev–Trinajstić information content (AvgIpc) is 2.64. The zero-order chi connectivity index (χ0) is 12.3. The zero-order valence-electron chi connectivity index (χ0n) is 10.4. The van der Waals surface area contributed by atoms with E-state index >= 15 is 0 Å². The van der Waals surface area contributed by atoms with E-state index in [9.17, 15) is 4.79 Å². The van der Waals surface area contributed by atoms with Gasteiger partial charge in [-0.1, -0.05) is 37.3 Å². The van der Waals surface area contributed by atoms with Gasteiger partial charge in [0.2, 0.25) is 5.91 Å². The molecule has 0 spiro atoms. The lowest BCUT2D eigenvalue weighted by Crippen LogP contribution is -2.30. The molecule has 1 aromatic carbocycles. The van der Waals surface area contributed by atoms with Crippen molar-refractivity contribution in [2.45, 2.75) is 26.3 Å². The number of rotatable bonds is 4. The maximum atomic E-state index is 11.6. The molecular formula is C14H19NO2. The van der Waals surface area contributed by atoms with Gasteiger partial charge in [0.1, 0.15) is 0 Å². The molecule has 0 bridgehead atoms. The number of nitrogens with one attached hydrogen (secondary N) is 1. The highest BCUT2D eigenvalue weighted by atomic mass is 16.5. The van der Waals surface area contributed by atoms with Crippen molar-refractivity contribution in [3.05, 3.63) is 35.9 Å². The second-order valence-electron chi connectivity index (χ2n) is 4.88. The van der Waals surface area contributed by atoms with Crippen molar-refractivity contribution in [2.24, 2.45) is 5.41 Å². The zero-order valence-corrected chi connectivity index (χ0v) is 10.4. The molecule has 1 N–H and O–H groups in total. The number of benzene rings is 1. The van der Waals surface area contributed by atoms with Crippen molar-refractivity contribution in [3.8, 4) is 0 Å². The molecular weight excluding hydrogens is 214 g/mol. The monoisotopic (exact) mass is 233 g/mol. The molecule has 3 nitrogen and oxygen atoms in total. The van der Waals surface area contributed by atoms with E-state index in [4.69, 9.17) is 4.74 Å². The second kappa shape index (κ2) is 4.88. The molecule has 1 aliphatic heterocycles. The van der Waals surface area contributed by atoms with Gasteiger partial charge in [0.05, 0.1) is 12.6 Å². The smallest absolute Gasteiger partial charge is 0.221 e. The third kappa shape index (κ3) is 2.50. The molecule has 1 aromatic rings. The Morgan fingerprint density at radius 2 is 2.12 bits per heavy atom. The molecule has 1 heterocycles. The van der Waals surface area contributed by atoms with Crippen LogP contribution < -0.4 is 5.32 Å². The van der Waals surface area contributed by atoms with Crippen molar-refractivity contribution in [3.63, 3.8) is 0 Å². The summed E-state index contributed by atoms with van der Waals surface area (Å²) in [5.41, 5.74) is 1.01. The van der Waals surface area contributed by atoms with Crippen LogP contribution in [0.5, 0.6) is 0 Å². The summed E-state index contributed by atoms with van der Waals surface area (Å²) in [6.45, 7) is 5.39. The first-order chi connectivity index (χ1) is 8.15. The maximum absolute atomic E-state index is 11.6. The summed E-state index contributed by atoms with van der Waals surface area (Å²) in [5, 5.41) is 3.05. The fourth-order valence-corrected chi connectivity index (χ4v) is 2.46. The van der Waals surface area contributed by atoms with E-state index in [0.717, 1.165) is 5.56 Å². The molecule has 17 heavy (non-hydrogen) atoms. The number of amides is 1. The highest BCUT2D eigenvalue weighted by molar-refractivity contribution is 5.80. The SMILES string of the molecule is CCOCC1(C)CC(=O)NC1c1ccccc1. The van der Waals surface area contributed by atoms with E-state index in [0.29, 0.717) is 19.6 Å². The Balaban J connectivity index is 2.22. The van der Waals surface area contributed by atoms with Crippen LogP contribution in [0.1, 0.15) is 31.9 Å². The van der Waals surface area contributed by atoms with Gasteiger partial charge in [-0.2, -0.15) is 0 Å². The van der Waals surface area contributed by atoms with E-state index < -0.39 is 0 Å². The predicted octanol–water partition coefficient (Wildman–Crippen LogP) is 2.29. The Hall–Kier alpha value is -1.35. The Morgan fingerprint density at radius 1 is 1.41 bits per heavy atom. The summed E-state index contributed by atoms with van der Waals surface area (Å²) in [6, 6.07) is 10.2. The summed E-state index contributed by atoms with van der Waals surface area (Å²) >= 11 is 0. The third-order valence-electron chi connectivity index (χ3n) is 3.34. The maximum Gasteiger partial charge on any atom is 0.221 e. The predicted molar refractivity (Wildman–Crippen MR) is 66.5 cm³/mol. The summed E-state index contributed by atoms with van der Waals surface area (Å²) in [7, 11) is 0. The number of ether oxygens (including phenoxy) is 1. The molecule has 1 aliphatic rings. The lowest BCUT2D eigenvalue weighted by atomic mass is 9.80. The molecule has 92 valence electrons. The van der Waals surface area contributed by atoms with Crippen LogP contribution in [-0.4, -0.2) is 19.1 Å². The van der Waals surface area contributed by atoms with Crippen molar-refractivity contribution >= 4 is 5.91 Å². The van der Waals surface area contributed by atoms with E-state index in [1.807, 2.05) is 25.1 Å². The van der Waals surface area contributed by atoms with Crippen LogP contribution in [0.15, 0.2) is 30.3 Å². The van der Waals surface area contributed by atoms with Gasteiger partial charge in [0, 0.05) is 18.4 Å². The second-order valence-corrected chi connectivity index (χ2v) is 4.88. The molecule has 0 radical (unpaired) electrons. The van der Waals surface area contributed by atoms with Gasteiger partial charge in [-0.05, 0) is 12.5 Å². The minimum Gasteiger partial charge on any atom is -0.381 e. The summed E-state index contributed by atoms with van der Waals surface area (Å²) in [5.74, 6) is 0.112. The fourth-order valence-electron chi connectivity index (χ4n) is 2.46. The molecule has 2 atom stereocenters. The van der Waals surface area contributed by atoms with Crippen LogP contribution in [0, 0.1) is 5.41 Å². The van der Waals surface area contributed by atoms with Gasteiger partial charge in [-0.3, -0.25) is 4.79 Å². The van der Waals surface area contributed by atoms with Crippen LogP contribution in [0.2, 0.25) is 0 Å². The molecule has 1 fully saturated rings. The summed E-state index contributed by atoms with van der Waals surface area (Å²) in [4.78, 5) is 11.6. The van der Waals surface area contributed by atoms with E-state index in [1.165, 1.54) is 0 Å². The van der Waals surface area contributed by atoms with Crippen molar-refractivity contribution in [2.75, 3.05) is 13.2 Å². The minimum absolute atomic E-state index is 0.0581. The Bertz CT molecular complexity index is 390. The lowest BCUT2D eigenvalue weighted by Gasteiger charge is -2.30. The number of carbonyl (C=O) groups is 1. The Labute approximate surface area is 102 Å². The number of hydrogen-bond donors (Lipinski definition) is 1. The quantitative estimate of drug-likeness (QED) is 0.866. The highest BCUT2D eigenvalue weighted by Gasteiger charge is 2.44. The molecule has 1 saturated heterocycles. The number of carbonyl (C=O) groups excluding carboxylic acids is 1. The van der Waals surface area contributed by atoms with Crippen molar-refractivity contribution in [1.29, 1.82) is 0 Å². The number of hydrogen-bond acceptors (Lipinski definition) is 2. The van der Waals surface area contributed by atoms with Gasteiger partial charge >= 0.3 is 0 Å². The van der Waals surface area contributed by atoms with E-state index in [-0.39, 0.29) is 17.4 Å². The lowest BCUT2D eigenvalue weighted by molar-refractivity contribution is -0.120. The average molecular weight is 233 g/mol. The third-order valence-corrected chi connectivity index (χ3v) is 3.34. The molecule has 0 saturated carbocycles. The van der Waals surface area contributed by atoms with Crippen LogP contribution in [0.25, 0.3) is 0 Å². The normalized spacial score (nSPS) is 28.1. The van der Waals surface area contributed by atoms with Gasteiger partial charge in [0.25, 0.3) is 0 Å². The first-order valence-electron chi connectivity index (χ1n) is 6.08. The standard InChI is InChI=1S/C14H19NO2/c1-3-17-10-14(2)9-12(16)15-13(14)11-7-5-4-6-8-11/h4-8,13H,3,9-10H2,1-2H3,(H,15,16). The Kier molecular flexibility index (Phi) is 3.48. The van der Waals surface area contributed by atoms with Crippen molar-refractivity contribution in [1.82, 2.24) is 5.32 Å². The van der Waals surface area contributed by atoms with Gasteiger partial charge in [-0.15, -0.1) is 0 Å². The van der Waals surface area contributed by atoms with Crippen LogP contribution >= 0.6 is 0 Å². The first kappa shape index (κ1) is 12.1. The molecule has 1 amide bonds. The summed E-state index contributed by atoms with van der Waals surface area (Å²) in [6.07, 6.45) is 0.534. The molecule has 0 aliphatic carbocycles.